The second-order valence-electron chi connectivity index (χ2n) is 5.37. The van der Waals surface area contributed by atoms with Crippen LogP contribution < -0.4 is 0 Å². The number of carbonyl (C=O) groups is 1. The van der Waals surface area contributed by atoms with Gasteiger partial charge >= 0.3 is 0 Å². The van der Waals surface area contributed by atoms with Gasteiger partial charge in [-0.25, -0.2) is 0 Å². The van der Waals surface area contributed by atoms with E-state index in [0.29, 0.717) is 0 Å². The van der Waals surface area contributed by atoms with Crippen LogP contribution in [-0.4, -0.2) is 23.9 Å². The third-order valence-corrected chi connectivity index (χ3v) is 5.32. The monoisotopic (exact) mass is 329 g/mol. The molecule has 2 nitrogen and oxygen atoms in total. The minimum Gasteiger partial charge on any atom is -0.339 e. The Morgan fingerprint density at radius 1 is 1.44 bits per heavy atom. The molecular weight excluding hydrogens is 310 g/mol. The van der Waals surface area contributed by atoms with Crippen LogP contribution in [0.25, 0.3) is 0 Å². The normalized spacial score (nSPS) is 21.1. The van der Waals surface area contributed by atoms with E-state index in [0.717, 1.165) is 47.1 Å². The number of hydrogen-bond donors (Lipinski definition) is 0. The molecule has 2 heterocycles. The molecule has 0 saturated carbocycles. The van der Waals surface area contributed by atoms with Gasteiger partial charge in [-0.05, 0) is 53.1 Å². The standard InChI is InChI=1S/C14H20BrNOS/c1-10(2)11-4-3-6-16(7-5-11)14(17)12-8-13(15)18-9-12/h8-11H,3-7H2,1-2H3. The second kappa shape index (κ2) is 6.20. The number of hydrogen-bond acceptors (Lipinski definition) is 2. The first-order valence-corrected chi connectivity index (χ1v) is 8.28. The Balaban J connectivity index is 1.99. The first kappa shape index (κ1) is 14.1. The number of rotatable bonds is 2. The fourth-order valence-electron chi connectivity index (χ4n) is 2.60. The van der Waals surface area contributed by atoms with Gasteiger partial charge in [0, 0.05) is 18.5 Å². The van der Waals surface area contributed by atoms with E-state index in [1.54, 1.807) is 11.3 Å². The van der Waals surface area contributed by atoms with Gasteiger partial charge in [-0.1, -0.05) is 13.8 Å². The lowest BCUT2D eigenvalue weighted by molar-refractivity contribution is 0.0759. The molecule has 1 aliphatic rings. The highest BCUT2D eigenvalue weighted by atomic mass is 79.9. The minimum atomic E-state index is 0.196. The minimum absolute atomic E-state index is 0.196. The summed E-state index contributed by atoms with van der Waals surface area (Å²) in [7, 11) is 0. The van der Waals surface area contributed by atoms with Gasteiger partial charge in [0.25, 0.3) is 5.91 Å². The van der Waals surface area contributed by atoms with Crippen LogP contribution in [0.3, 0.4) is 0 Å². The molecule has 4 heteroatoms. The third kappa shape index (κ3) is 3.35. The van der Waals surface area contributed by atoms with Crippen molar-refractivity contribution in [1.82, 2.24) is 4.90 Å². The largest absolute Gasteiger partial charge is 0.339 e. The van der Waals surface area contributed by atoms with Gasteiger partial charge in [-0.3, -0.25) is 4.79 Å². The maximum Gasteiger partial charge on any atom is 0.254 e. The Bertz CT molecular complexity index is 416. The van der Waals surface area contributed by atoms with Crippen LogP contribution in [0.15, 0.2) is 15.2 Å². The summed E-state index contributed by atoms with van der Waals surface area (Å²) >= 11 is 4.99. The zero-order valence-electron chi connectivity index (χ0n) is 11.0. The van der Waals surface area contributed by atoms with E-state index in [-0.39, 0.29) is 5.91 Å². The Morgan fingerprint density at radius 3 is 2.83 bits per heavy atom. The molecule has 0 aromatic carbocycles. The van der Waals surface area contributed by atoms with Gasteiger partial charge in [-0.2, -0.15) is 0 Å². The Labute approximate surface area is 122 Å². The molecule has 0 spiro atoms. The Morgan fingerprint density at radius 2 is 2.22 bits per heavy atom. The summed E-state index contributed by atoms with van der Waals surface area (Å²) in [4.78, 5) is 14.4. The molecule has 1 saturated heterocycles. The SMILES string of the molecule is CC(C)C1CCCN(C(=O)c2csc(Br)c2)CC1. The van der Waals surface area contributed by atoms with Crippen LogP contribution in [0.1, 0.15) is 43.5 Å². The van der Waals surface area contributed by atoms with Crippen LogP contribution >= 0.6 is 27.3 Å². The maximum atomic E-state index is 12.4. The van der Waals surface area contributed by atoms with Crippen LogP contribution in [-0.2, 0) is 0 Å². The lowest BCUT2D eigenvalue weighted by Crippen LogP contribution is -2.31. The number of thiophene rings is 1. The fraction of sp³-hybridized carbons (Fsp3) is 0.643. The first-order valence-electron chi connectivity index (χ1n) is 6.61. The molecule has 2 rings (SSSR count). The lowest BCUT2D eigenvalue weighted by atomic mass is 9.89. The third-order valence-electron chi connectivity index (χ3n) is 3.82. The smallest absolute Gasteiger partial charge is 0.254 e. The molecule has 1 unspecified atom stereocenters. The van der Waals surface area contributed by atoms with Gasteiger partial charge in [0.05, 0.1) is 9.35 Å². The van der Waals surface area contributed by atoms with Crippen LogP contribution in [0.5, 0.6) is 0 Å². The molecule has 1 aromatic heterocycles. The van der Waals surface area contributed by atoms with Crippen molar-refractivity contribution < 1.29 is 4.79 Å². The van der Waals surface area contributed by atoms with Crippen molar-refractivity contribution in [3.8, 4) is 0 Å². The second-order valence-corrected chi connectivity index (χ2v) is 7.66. The van der Waals surface area contributed by atoms with Crippen molar-refractivity contribution in [3.05, 3.63) is 20.8 Å². The summed E-state index contributed by atoms with van der Waals surface area (Å²) in [6, 6.07) is 1.93. The van der Waals surface area contributed by atoms with Gasteiger partial charge < -0.3 is 4.90 Å². The summed E-state index contributed by atoms with van der Waals surface area (Å²) in [6.07, 6.45) is 3.55. The predicted octanol–water partition coefficient (Wildman–Crippen LogP) is 4.41. The summed E-state index contributed by atoms with van der Waals surface area (Å²) in [5.41, 5.74) is 0.829. The van der Waals surface area contributed by atoms with Crippen molar-refractivity contribution in [3.63, 3.8) is 0 Å². The van der Waals surface area contributed by atoms with E-state index >= 15 is 0 Å². The van der Waals surface area contributed by atoms with Crippen LogP contribution in [0.4, 0.5) is 0 Å². The first-order chi connectivity index (χ1) is 8.58. The average molecular weight is 330 g/mol. The van der Waals surface area contributed by atoms with Crippen molar-refractivity contribution in [2.45, 2.75) is 33.1 Å². The topological polar surface area (TPSA) is 20.3 Å². The Hall–Kier alpha value is -0.350. The quantitative estimate of drug-likeness (QED) is 0.787. The molecule has 18 heavy (non-hydrogen) atoms. The predicted molar refractivity (Wildman–Crippen MR) is 80.1 cm³/mol. The lowest BCUT2D eigenvalue weighted by Gasteiger charge is -2.21. The van der Waals surface area contributed by atoms with Crippen molar-refractivity contribution in [1.29, 1.82) is 0 Å². The molecule has 1 aliphatic heterocycles. The van der Waals surface area contributed by atoms with E-state index in [1.807, 2.05) is 16.3 Å². The number of amides is 1. The summed E-state index contributed by atoms with van der Waals surface area (Å²) in [5, 5.41) is 1.94. The number of halogens is 1. The Kier molecular flexibility index (Phi) is 4.84. The average Bonchev–Trinajstić information content (AvgIpc) is 2.63. The van der Waals surface area contributed by atoms with E-state index in [2.05, 4.69) is 29.8 Å². The van der Waals surface area contributed by atoms with Crippen molar-refractivity contribution >= 4 is 33.2 Å². The molecule has 1 amide bonds. The van der Waals surface area contributed by atoms with E-state index in [1.165, 1.54) is 6.42 Å². The van der Waals surface area contributed by atoms with E-state index in [9.17, 15) is 4.79 Å². The van der Waals surface area contributed by atoms with Crippen LogP contribution in [0.2, 0.25) is 0 Å². The molecule has 1 fully saturated rings. The maximum absolute atomic E-state index is 12.4. The molecule has 0 radical (unpaired) electrons. The highest BCUT2D eigenvalue weighted by Gasteiger charge is 2.23. The van der Waals surface area contributed by atoms with Gasteiger partial charge in [-0.15, -0.1) is 11.3 Å². The number of nitrogens with zero attached hydrogens (tertiary/aromatic N) is 1. The van der Waals surface area contributed by atoms with E-state index in [4.69, 9.17) is 0 Å². The molecular formula is C14H20BrNOS. The van der Waals surface area contributed by atoms with Gasteiger partial charge in [0.2, 0.25) is 0 Å². The molecule has 1 aromatic rings. The number of carbonyl (C=O) groups excluding carboxylic acids is 1. The van der Waals surface area contributed by atoms with Gasteiger partial charge in [0.1, 0.15) is 0 Å². The summed E-state index contributed by atoms with van der Waals surface area (Å²) in [5.74, 6) is 1.70. The van der Waals surface area contributed by atoms with Gasteiger partial charge in [0.15, 0.2) is 0 Å². The molecule has 0 bridgehead atoms. The molecule has 0 N–H and O–H groups in total. The molecule has 0 aliphatic carbocycles. The van der Waals surface area contributed by atoms with Crippen LogP contribution in [0, 0.1) is 11.8 Å². The zero-order chi connectivity index (χ0) is 13.1. The highest BCUT2D eigenvalue weighted by molar-refractivity contribution is 9.11. The van der Waals surface area contributed by atoms with Crippen molar-refractivity contribution in [2.75, 3.05) is 13.1 Å². The van der Waals surface area contributed by atoms with E-state index < -0.39 is 0 Å². The van der Waals surface area contributed by atoms with Crippen molar-refractivity contribution in [2.24, 2.45) is 11.8 Å². The highest BCUT2D eigenvalue weighted by Crippen LogP contribution is 2.26. The molecule has 1 atom stereocenters. The summed E-state index contributed by atoms with van der Waals surface area (Å²) < 4.78 is 1.03. The molecule has 100 valence electrons. The zero-order valence-corrected chi connectivity index (χ0v) is 13.4. The summed E-state index contributed by atoms with van der Waals surface area (Å²) in [6.45, 7) is 6.40. The fourth-order valence-corrected chi connectivity index (χ4v) is 3.73. The number of likely N-dealkylation sites (tertiary alicyclic amines) is 1.